The van der Waals surface area contributed by atoms with E-state index in [4.69, 9.17) is 13.1 Å². The maximum Gasteiger partial charge on any atom is 0.415 e. The van der Waals surface area contributed by atoms with Gasteiger partial charge in [0.1, 0.15) is 0 Å². The van der Waals surface area contributed by atoms with Crippen LogP contribution >= 0.6 is 0 Å². The third kappa shape index (κ3) is 8.52. The first-order valence-electron chi connectivity index (χ1n) is 26.4. The number of nitrogens with zero attached hydrogens (tertiary/aromatic N) is 8. The summed E-state index contributed by atoms with van der Waals surface area (Å²) in [6.07, 6.45) is -4.73. The van der Waals surface area contributed by atoms with E-state index in [9.17, 15) is 34.2 Å². The molecule has 0 aliphatic rings. The smallest absolute Gasteiger partial charge is 0.309 e. The third-order valence-electron chi connectivity index (χ3n) is 15.6. The molecule has 0 aliphatic carbocycles. The molecule has 0 aliphatic heterocycles. The van der Waals surface area contributed by atoms with E-state index in [2.05, 4.69) is 55.2 Å². The summed E-state index contributed by atoms with van der Waals surface area (Å²) < 4.78 is 47.5. The fraction of sp³-hybridized carbons (Fsp3) is 0.0137. The molecule has 11 heteroatoms. The quantitative estimate of drug-likeness (QED) is 0.141. The van der Waals surface area contributed by atoms with Crippen LogP contribution in [0, 0.1) is 58.5 Å². The van der Waals surface area contributed by atoms with E-state index in [1.165, 1.54) is 6.07 Å². The van der Waals surface area contributed by atoms with Gasteiger partial charge in [-0.05, 0) is 164 Å². The Balaban J connectivity index is 1.12. The first-order valence-corrected chi connectivity index (χ1v) is 26.4. The van der Waals surface area contributed by atoms with E-state index >= 15 is 0 Å². The number of nitriles is 4. The van der Waals surface area contributed by atoms with Crippen molar-refractivity contribution < 1.29 is 13.2 Å². The minimum absolute atomic E-state index is 0.224. The summed E-state index contributed by atoms with van der Waals surface area (Å²) in [4.78, 5) is 7.52. The van der Waals surface area contributed by atoms with Gasteiger partial charge in [0.2, 0.25) is 0 Å². The molecule has 0 spiro atoms. The normalized spacial score (nSPS) is 11.2. The van der Waals surface area contributed by atoms with E-state index in [1.807, 2.05) is 158 Å². The van der Waals surface area contributed by atoms with Crippen molar-refractivity contribution in [2.45, 2.75) is 6.18 Å². The summed E-state index contributed by atoms with van der Waals surface area (Å²) in [5.41, 5.74) is 13.2. The Labute approximate surface area is 479 Å². The second-order valence-corrected chi connectivity index (χ2v) is 20.1. The monoisotopic (exact) mass is 1080 g/mol. The Morgan fingerprint density at radius 3 is 1.25 bits per heavy atom. The largest absolute Gasteiger partial charge is 0.415 e. The van der Waals surface area contributed by atoms with Gasteiger partial charge in [-0.3, -0.25) is 0 Å². The Hall–Kier alpha value is -12.3. The molecule has 0 unspecified atom stereocenters. The Bertz CT molecular complexity index is 5000. The zero-order chi connectivity index (χ0) is 57.8. The van der Waals surface area contributed by atoms with Gasteiger partial charge in [0.05, 0.1) is 87.4 Å². The molecular formula is C73H37F3N8. The SMILES string of the molecule is [C-]#[N+]c1ccccc1-c1ccc2c(c1)c1cc(-c3ccccc3C#N)ccc1n2-c1ccc(-c2ccc(C(F)(F)F)cc2[N+]#[C-])c(-c2cc(C#N)ccc2-n2c3ccc(-c4ccccc4C#N)cc3c3cc(-c4ccccc4C#N)ccc32)c1. The lowest BCUT2D eigenvalue weighted by molar-refractivity contribution is -0.137. The summed E-state index contributed by atoms with van der Waals surface area (Å²) in [6, 6.07) is 77.0. The minimum atomic E-state index is -4.73. The summed E-state index contributed by atoms with van der Waals surface area (Å²) in [7, 11) is 0. The first-order chi connectivity index (χ1) is 41.0. The highest BCUT2D eigenvalue weighted by atomic mass is 19.4. The minimum Gasteiger partial charge on any atom is -0.309 e. The zero-order valence-electron chi connectivity index (χ0n) is 44.1. The van der Waals surface area contributed by atoms with Crippen molar-refractivity contribution in [3.8, 4) is 102 Å². The molecule has 84 heavy (non-hydrogen) atoms. The van der Waals surface area contributed by atoms with Crippen LogP contribution in [-0.4, -0.2) is 9.13 Å². The Morgan fingerprint density at radius 2 is 0.786 bits per heavy atom. The van der Waals surface area contributed by atoms with Gasteiger partial charge in [-0.2, -0.15) is 34.2 Å². The van der Waals surface area contributed by atoms with E-state index in [0.29, 0.717) is 56.0 Å². The topological polar surface area (TPSA) is 114 Å². The number of hydrogen-bond acceptors (Lipinski definition) is 4. The van der Waals surface area contributed by atoms with Gasteiger partial charge >= 0.3 is 6.18 Å². The van der Waals surface area contributed by atoms with Gasteiger partial charge in [-0.25, -0.2) is 9.69 Å². The standard InChI is InChI=1S/C73H37F3N8/c1-81-66-18-10-9-17-57(66)48-23-30-69-63(37-48)62-34-45(54-14-6-3-11-49(54)41-78)20-29-68(62)83(69)53-25-27-58(59-26-24-52(73(74,75)76)38-67(59)82-2)60(39-53)61-33-44(40-77)19-28-70(61)84-71-31-21-46(55-15-7-4-12-50(55)42-79)35-64(71)65-36-47(22-32-72(65)84)56-16-8-5-13-51(56)43-80/h3-39H. The van der Waals surface area contributed by atoms with E-state index in [-0.39, 0.29) is 11.3 Å². The first kappa shape index (κ1) is 51.2. The highest BCUT2D eigenvalue weighted by Crippen LogP contribution is 2.48. The van der Waals surface area contributed by atoms with Crippen molar-refractivity contribution in [2.24, 2.45) is 0 Å². The average Bonchev–Trinajstić information content (AvgIpc) is 2.99. The molecular weight excluding hydrogens is 1050 g/mol. The maximum atomic E-state index is 14.4. The number of fused-ring (bicyclic) bond motifs is 6. The van der Waals surface area contributed by atoms with Crippen LogP contribution in [0.25, 0.3) is 131 Å². The molecule has 2 heterocycles. The Morgan fingerprint density at radius 1 is 0.345 bits per heavy atom. The third-order valence-corrected chi connectivity index (χ3v) is 15.6. The van der Waals surface area contributed by atoms with Gasteiger partial charge in [-0.15, -0.1) is 0 Å². The number of benzene rings is 11. The number of aromatic nitrogens is 2. The molecule has 13 aromatic rings. The number of hydrogen-bond donors (Lipinski definition) is 0. The van der Waals surface area contributed by atoms with Crippen molar-refractivity contribution in [1.29, 1.82) is 21.0 Å². The van der Waals surface area contributed by atoms with E-state index in [1.54, 1.807) is 36.4 Å². The number of alkyl halides is 3. The molecule has 0 saturated carbocycles. The molecule has 390 valence electrons. The lowest BCUT2D eigenvalue weighted by atomic mass is 9.90. The van der Waals surface area contributed by atoms with Crippen molar-refractivity contribution in [3.05, 3.63) is 275 Å². The number of para-hydroxylation sites is 1. The summed E-state index contributed by atoms with van der Waals surface area (Å²) >= 11 is 0. The second kappa shape index (κ2) is 20.4. The number of halogens is 3. The van der Waals surface area contributed by atoms with Gasteiger partial charge in [0.25, 0.3) is 0 Å². The molecule has 0 N–H and O–H groups in total. The predicted molar refractivity (Wildman–Crippen MR) is 324 cm³/mol. The maximum absolute atomic E-state index is 14.4. The van der Waals surface area contributed by atoms with Crippen molar-refractivity contribution in [3.63, 3.8) is 0 Å². The van der Waals surface area contributed by atoms with Gasteiger partial charge in [-0.1, -0.05) is 121 Å². The van der Waals surface area contributed by atoms with Crippen LogP contribution in [0.1, 0.15) is 27.8 Å². The molecule has 2 aromatic heterocycles. The molecule has 13 rings (SSSR count). The van der Waals surface area contributed by atoms with Crippen molar-refractivity contribution in [2.75, 3.05) is 0 Å². The van der Waals surface area contributed by atoms with Crippen LogP contribution in [0.3, 0.4) is 0 Å². The molecule has 0 bridgehead atoms. The second-order valence-electron chi connectivity index (χ2n) is 20.1. The lowest BCUT2D eigenvalue weighted by Crippen LogP contribution is -2.04. The van der Waals surface area contributed by atoms with Gasteiger partial charge in [0, 0.05) is 38.4 Å². The summed E-state index contributed by atoms with van der Waals surface area (Å²) in [6.45, 7) is 16.3. The highest BCUT2D eigenvalue weighted by molar-refractivity contribution is 6.14. The average molecular weight is 1080 g/mol. The molecule has 0 saturated heterocycles. The van der Waals surface area contributed by atoms with Crippen molar-refractivity contribution in [1.82, 2.24) is 9.13 Å². The summed E-state index contributed by atoms with van der Waals surface area (Å²) in [5, 5.41) is 44.7. The molecule has 11 aromatic carbocycles. The van der Waals surface area contributed by atoms with E-state index < -0.39 is 11.7 Å². The van der Waals surface area contributed by atoms with Crippen LogP contribution in [0.5, 0.6) is 0 Å². The van der Waals surface area contributed by atoms with Crippen LogP contribution in [-0.2, 0) is 6.18 Å². The van der Waals surface area contributed by atoms with Crippen LogP contribution in [0.2, 0.25) is 0 Å². The Kier molecular flexibility index (Phi) is 12.5. The van der Waals surface area contributed by atoms with Crippen LogP contribution < -0.4 is 0 Å². The molecule has 8 nitrogen and oxygen atoms in total. The molecule has 0 amide bonds. The fourth-order valence-electron chi connectivity index (χ4n) is 11.7. The van der Waals surface area contributed by atoms with Gasteiger partial charge in [0.15, 0.2) is 11.4 Å². The zero-order valence-corrected chi connectivity index (χ0v) is 44.1. The van der Waals surface area contributed by atoms with E-state index in [0.717, 1.165) is 100 Å². The molecule has 0 radical (unpaired) electrons. The summed E-state index contributed by atoms with van der Waals surface area (Å²) in [5.74, 6) is 0. The predicted octanol–water partition coefficient (Wildman–Crippen LogP) is 19.5. The van der Waals surface area contributed by atoms with Crippen molar-refractivity contribution >= 4 is 55.0 Å². The molecule has 0 fully saturated rings. The lowest BCUT2D eigenvalue weighted by Gasteiger charge is -2.20. The van der Waals surface area contributed by atoms with Gasteiger partial charge < -0.3 is 9.13 Å². The fourth-order valence-corrected chi connectivity index (χ4v) is 11.7. The number of rotatable bonds is 8. The van der Waals surface area contributed by atoms with Crippen LogP contribution in [0.15, 0.2) is 224 Å². The van der Waals surface area contributed by atoms with Crippen LogP contribution in [0.4, 0.5) is 24.5 Å². The highest BCUT2D eigenvalue weighted by Gasteiger charge is 2.32. The molecule has 0 atom stereocenters.